The number of ether oxygens (including phenoxy) is 1. The van der Waals surface area contributed by atoms with Gasteiger partial charge < -0.3 is 10.5 Å². The highest BCUT2D eigenvalue weighted by atomic mass is 16.5. The highest BCUT2D eigenvalue weighted by Gasteiger charge is 2.17. The minimum Gasteiger partial charge on any atom is -0.381 e. The third kappa shape index (κ3) is 2.28. The lowest BCUT2D eigenvalue weighted by Crippen LogP contribution is -2.21. The molecule has 2 rings (SSSR count). The van der Waals surface area contributed by atoms with Crippen LogP contribution in [0.15, 0.2) is 0 Å². The topological polar surface area (TPSA) is 53.1 Å². The lowest BCUT2D eigenvalue weighted by atomic mass is 10.0. The van der Waals surface area contributed by atoms with Crippen molar-refractivity contribution in [2.45, 2.75) is 39.8 Å². The molecule has 1 aromatic rings. The summed E-state index contributed by atoms with van der Waals surface area (Å²) in [5.74, 6) is 0.706. The average molecular weight is 223 g/mol. The van der Waals surface area contributed by atoms with Gasteiger partial charge in [-0.05, 0) is 32.6 Å². The number of rotatable bonds is 3. The standard InChI is InChI=1S/C12H21N3O/c1-9-12(7-13)10(2)15(14-9)8-11-3-5-16-6-4-11/h11H,3-8,13H2,1-2H3. The van der Waals surface area contributed by atoms with E-state index in [-0.39, 0.29) is 0 Å². The molecule has 4 nitrogen and oxygen atoms in total. The molecule has 0 unspecified atom stereocenters. The van der Waals surface area contributed by atoms with Crippen LogP contribution < -0.4 is 5.73 Å². The Hall–Kier alpha value is -0.870. The molecular formula is C12H21N3O. The molecule has 2 heterocycles. The van der Waals surface area contributed by atoms with Crippen LogP contribution in [0.2, 0.25) is 0 Å². The van der Waals surface area contributed by atoms with Gasteiger partial charge in [-0.3, -0.25) is 4.68 Å². The SMILES string of the molecule is Cc1nn(CC2CCOCC2)c(C)c1CN. The molecule has 0 aromatic carbocycles. The maximum atomic E-state index is 5.72. The van der Waals surface area contributed by atoms with Crippen molar-refractivity contribution >= 4 is 0 Å². The van der Waals surface area contributed by atoms with Crippen LogP contribution >= 0.6 is 0 Å². The summed E-state index contributed by atoms with van der Waals surface area (Å²) in [4.78, 5) is 0. The molecule has 0 atom stereocenters. The lowest BCUT2D eigenvalue weighted by molar-refractivity contribution is 0.0599. The molecule has 0 spiro atoms. The molecule has 1 aliphatic heterocycles. The van der Waals surface area contributed by atoms with Crippen LogP contribution in [0.25, 0.3) is 0 Å². The molecule has 16 heavy (non-hydrogen) atoms. The number of nitrogens with zero attached hydrogens (tertiary/aromatic N) is 2. The summed E-state index contributed by atoms with van der Waals surface area (Å²) >= 11 is 0. The van der Waals surface area contributed by atoms with Crippen molar-refractivity contribution in [2.24, 2.45) is 11.7 Å². The first kappa shape index (κ1) is 11.6. The Morgan fingerprint density at radius 3 is 2.62 bits per heavy atom. The number of aryl methyl sites for hydroxylation is 1. The fraction of sp³-hybridized carbons (Fsp3) is 0.750. The van der Waals surface area contributed by atoms with Crippen LogP contribution in [0.3, 0.4) is 0 Å². The van der Waals surface area contributed by atoms with Crippen LogP contribution in [0.4, 0.5) is 0 Å². The van der Waals surface area contributed by atoms with Crippen molar-refractivity contribution in [1.29, 1.82) is 0 Å². The van der Waals surface area contributed by atoms with E-state index in [0.717, 1.165) is 38.3 Å². The second kappa shape index (κ2) is 4.97. The van der Waals surface area contributed by atoms with Crippen molar-refractivity contribution in [3.8, 4) is 0 Å². The van der Waals surface area contributed by atoms with Gasteiger partial charge in [0, 0.05) is 37.6 Å². The molecule has 1 aliphatic rings. The molecule has 1 saturated heterocycles. The molecule has 0 saturated carbocycles. The first-order chi connectivity index (χ1) is 7.72. The van der Waals surface area contributed by atoms with Gasteiger partial charge in [0.1, 0.15) is 0 Å². The average Bonchev–Trinajstić information content (AvgIpc) is 2.55. The maximum Gasteiger partial charge on any atom is 0.0641 e. The molecule has 4 heteroatoms. The molecule has 0 bridgehead atoms. The van der Waals surface area contributed by atoms with E-state index in [2.05, 4.69) is 16.7 Å². The summed E-state index contributed by atoms with van der Waals surface area (Å²) < 4.78 is 7.49. The molecule has 90 valence electrons. The molecule has 0 amide bonds. The van der Waals surface area contributed by atoms with Crippen molar-refractivity contribution < 1.29 is 4.74 Å². The summed E-state index contributed by atoms with van der Waals surface area (Å²) in [6.45, 7) is 7.54. The second-order valence-corrected chi connectivity index (χ2v) is 4.59. The predicted molar refractivity (Wildman–Crippen MR) is 63.1 cm³/mol. The van der Waals surface area contributed by atoms with Gasteiger partial charge in [-0.1, -0.05) is 0 Å². The smallest absolute Gasteiger partial charge is 0.0641 e. The minimum absolute atomic E-state index is 0.589. The van der Waals surface area contributed by atoms with Crippen molar-refractivity contribution in [3.05, 3.63) is 17.0 Å². The molecule has 1 fully saturated rings. The molecule has 0 radical (unpaired) electrons. The number of nitrogens with two attached hydrogens (primary N) is 1. The Labute approximate surface area is 96.8 Å². The van der Waals surface area contributed by atoms with Crippen LogP contribution in [-0.4, -0.2) is 23.0 Å². The molecule has 1 aromatic heterocycles. The summed E-state index contributed by atoms with van der Waals surface area (Å²) in [5.41, 5.74) is 9.23. The Balaban J connectivity index is 2.08. The zero-order chi connectivity index (χ0) is 11.5. The number of hydrogen-bond acceptors (Lipinski definition) is 3. The van der Waals surface area contributed by atoms with Crippen LogP contribution in [0, 0.1) is 19.8 Å². The molecule has 2 N–H and O–H groups in total. The normalized spacial score (nSPS) is 17.9. The Kier molecular flexibility index (Phi) is 3.61. The van der Waals surface area contributed by atoms with E-state index in [1.807, 2.05) is 6.92 Å². The largest absolute Gasteiger partial charge is 0.381 e. The second-order valence-electron chi connectivity index (χ2n) is 4.59. The summed E-state index contributed by atoms with van der Waals surface area (Å²) in [6.07, 6.45) is 2.30. The van der Waals surface area contributed by atoms with E-state index in [0.29, 0.717) is 12.5 Å². The van der Waals surface area contributed by atoms with Gasteiger partial charge in [0.25, 0.3) is 0 Å². The Morgan fingerprint density at radius 1 is 1.38 bits per heavy atom. The van der Waals surface area contributed by atoms with E-state index in [4.69, 9.17) is 10.5 Å². The third-order valence-corrected chi connectivity index (χ3v) is 3.51. The predicted octanol–water partition coefficient (Wildman–Crippen LogP) is 1.39. The Bertz CT molecular complexity index is 353. The lowest BCUT2D eigenvalue weighted by Gasteiger charge is -2.22. The number of hydrogen-bond donors (Lipinski definition) is 1. The van der Waals surface area contributed by atoms with Crippen molar-refractivity contribution in [1.82, 2.24) is 9.78 Å². The van der Waals surface area contributed by atoms with E-state index < -0.39 is 0 Å². The summed E-state index contributed by atoms with van der Waals surface area (Å²) in [5, 5.41) is 4.57. The Morgan fingerprint density at radius 2 is 2.06 bits per heavy atom. The van der Waals surface area contributed by atoms with Crippen LogP contribution in [-0.2, 0) is 17.8 Å². The van der Waals surface area contributed by atoms with Gasteiger partial charge in [0.05, 0.1) is 5.69 Å². The van der Waals surface area contributed by atoms with E-state index in [1.54, 1.807) is 0 Å². The number of aromatic nitrogens is 2. The van der Waals surface area contributed by atoms with Gasteiger partial charge >= 0.3 is 0 Å². The van der Waals surface area contributed by atoms with Gasteiger partial charge in [0.15, 0.2) is 0 Å². The monoisotopic (exact) mass is 223 g/mol. The summed E-state index contributed by atoms with van der Waals surface area (Å²) in [7, 11) is 0. The molecule has 0 aliphatic carbocycles. The van der Waals surface area contributed by atoms with Gasteiger partial charge in [-0.15, -0.1) is 0 Å². The quantitative estimate of drug-likeness (QED) is 0.842. The van der Waals surface area contributed by atoms with Crippen molar-refractivity contribution in [2.75, 3.05) is 13.2 Å². The fourth-order valence-electron chi connectivity index (χ4n) is 2.38. The first-order valence-electron chi connectivity index (χ1n) is 6.03. The van der Waals surface area contributed by atoms with Crippen molar-refractivity contribution in [3.63, 3.8) is 0 Å². The highest BCUT2D eigenvalue weighted by Crippen LogP contribution is 2.19. The van der Waals surface area contributed by atoms with E-state index in [1.165, 1.54) is 11.3 Å². The molecular weight excluding hydrogens is 202 g/mol. The maximum absolute atomic E-state index is 5.72. The van der Waals surface area contributed by atoms with Gasteiger partial charge in [-0.25, -0.2) is 0 Å². The van der Waals surface area contributed by atoms with E-state index in [9.17, 15) is 0 Å². The van der Waals surface area contributed by atoms with Crippen LogP contribution in [0.5, 0.6) is 0 Å². The zero-order valence-corrected chi connectivity index (χ0v) is 10.2. The zero-order valence-electron chi connectivity index (χ0n) is 10.2. The summed E-state index contributed by atoms with van der Waals surface area (Å²) in [6, 6.07) is 0. The van der Waals surface area contributed by atoms with Gasteiger partial charge in [0.2, 0.25) is 0 Å². The third-order valence-electron chi connectivity index (χ3n) is 3.51. The fourth-order valence-corrected chi connectivity index (χ4v) is 2.38. The highest BCUT2D eigenvalue weighted by molar-refractivity contribution is 5.23. The van der Waals surface area contributed by atoms with E-state index >= 15 is 0 Å². The van der Waals surface area contributed by atoms with Crippen LogP contribution in [0.1, 0.15) is 29.8 Å². The van der Waals surface area contributed by atoms with Gasteiger partial charge in [-0.2, -0.15) is 5.10 Å². The minimum atomic E-state index is 0.589. The first-order valence-corrected chi connectivity index (χ1v) is 6.03.